The van der Waals surface area contributed by atoms with Gasteiger partial charge in [0.2, 0.25) is 0 Å². The minimum absolute atomic E-state index is 0.213. The maximum absolute atomic E-state index is 11.0. The van der Waals surface area contributed by atoms with Gasteiger partial charge in [0.25, 0.3) is 0 Å². The highest BCUT2D eigenvalue weighted by Gasteiger charge is 2.26. The van der Waals surface area contributed by atoms with Crippen molar-refractivity contribution < 1.29 is 14.6 Å². The quantitative estimate of drug-likeness (QED) is 0.874. The van der Waals surface area contributed by atoms with E-state index in [1.165, 1.54) is 5.56 Å². The van der Waals surface area contributed by atoms with Crippen molar-refractivity contribution >= 4 is 5.97 Å². The standard InChI is InChI=1S/C15H21NO3/c1-10-6-7-14(19-2)11(8-10)9-12-4-3-5-13(16-12)15(17)18/h6-8,12-13,16H,3-5,9H2,1-2H3,(H,17,18). The Balaban J connectivity index is 2.08. The average Bonchev–Trinajstić information content (AvgIpc) is 2.39. The Morgan fingerprint density at radius 1 is 1.47 bits per heavy atom. The van der Waals surface area contributed by atoms with Crippen LogP contribution in [-0.4, -0.2) is 30.3 Å². The molecule has 19 heavy (non-hydrogen) atoms. The van der Waals surface area contributed by atoms with Gasteiger partial charge in [-0.25, -0.2) is 0 Å². The van der Waals surface area contributed by atoms with Gasteiger partial charge in [0.1, 0.15) is 11.8 Å². The lowest BCUT2D eigenvalue weighted by Crippen LogP contribution is -2.47. The van der Waals surface area contributed by atoms with Gasteiger partial charge in [-0.15, -0.1) is 0 Å². The molecule has 1 aromatic rings. The SMILES string of the molecule is COc1ccc(C)cc1CC1CCCC(C(=O)O)N1. The normalized spacial score (nSPS) is 23.1. The molecule has 2 atom stereocenters. The number of aliphatic carboxylic acids is 1. The summed E-state index contributed by atoms with van der Waals surface area (Å²) in [5.74, 6) is 0.130. The van der Waals surface area contributed by atoms with Gasteiger partial charge in [-0.05, 0) is 44.2 Å². The monoisotopic (exact) mass is 263 g/mol. The third-order valence-electron chi connectivity index (χ3n) is 3.68. The Labute approximate surface area is 113 Å². The second-order valence-corrected chi connectivity index (χ2v) is 5.20. The van der Waals surface area contributed by atoms with Crippen molar-refractivity contribution in [2.24, 2.45) is 0 Å². The maximum atomic E-state index is 11.0. The van der Waals surface area contributed by atoms with Gasteiger partial charge in [-0.1, -0.05) is 17.7 Å². The number of piperidine rings is 1. The summed E-state index contributed by atoms with van der Waals surface area (Å²) in [6.07, 6.45) is 3.51. The predicted molar refractivity (Wildman–Crippen MR) is 73.6 cm³/mol. The van der Waals surface area contributed by atoms with Crippen LogP contribution in [0.2, 0.25) is 0 Å². The highest BCUT2D eigenvalue weighted by Crippen LogP contribution is 2.24. The van der Waals surface area contributed by atoms with Gasteiger partial charge in [-0.3, -0.25) is 4.79 Å². The van der Waals surface area contributed by atoms with Crippen LogP contribution in [0.1, 0.15) is 30.4 Å². The zero-order valence-electron chi connectivity index (χ0n) is 11.5. The zero-order valence-corrected chi connectivity index (χ0v) is 11.5. The molecule has 0 spiro atoms. The van der Waals surface area contributed by atoms with Crippen LogP contribution in [0.5, 0.6) is 5.75 Å². The molecule has 2 rings (SSSR count). The van der Waals surface area contributed by atoms with Crippen molar-refractivity contribution in [3.05, 3.63) is 29.3 Å². The summed E-state index contributed by atoms with van der Waals surface area (Å²) in [5.41, 5.74) is 2.34. The van der Waals surface area contributed by atoms with E-state index in [1.807, 2.05) is 12.1 Å². The van der Waals surface area contributed by atoms with Gasteiger partial charge >= 0.3 is 5.97 Å². The van der Waals surface area contributed by atoms with E-state index in [0.29, 0.717) is 0 Å². The van der Waals surface area contributed by atoms with Crippen molar-refractivity contribution in [1.29, 1.82) is 0 Å². The van der Waals surface area contributed by atoms with Gasteiger partial charge in [-0.2, -0.15) is 0 Å². The first-order valence-corrected chi connectivity index (χ1v) is 6.72. The third-order valence-corrected chi connectivity index (χ3v) is 3.68. The minimum Gasteiger partial charge on any atom is -0.496 e. The molecule has 4 heteroatoms. The number of hydrogen-bond acceptors (Lipinski definition) is 3. The number of ether oxygens (including phenoxy) is 1. The predicted octanol–water partition coefficient (Wildman–Crippen LogP) is 2.14. The number of carboxylic acid groups (broad SMARTS) is 1. The summed E-state index contributed by atoms with van der Waals surface area (Å²) in [6.45, 7) is 2.05. The van der Waals surface area contributed by atoms with Gasteiger partial charge in [0, 0.05) is 6.04 Å². The van der Waals surface area contributed by atoms with Crippen molar-refractivity contribution in [3.63, 3.8) is 0 Å². The molecule has 2 N–H and O–H groups in total. The van der Waals surface area contributed by atoms with Crippen LogP contribution < -0.4 is 10.1 Å². The number of carboxylic acids is 1. The van der Waals surface area contributed by atoms with Gasteiger partial charge < -0.3 is 15.2 Å². The van der Waals surface area contributed by atoms with Gasteiger partial charge in [0.05, 0.1) is 7.11 Å². The summed E-state index contributed by atoms with van der Waals surface area (Å²) < 4.78 is 5.37. The largest absolute Gasteiger partial charge is 0.496 e. The van der Waals surface area contributed by atoms with E-state index in [1.54, 1.807) is 7.11 Å². The molecule has 1 fully saturated rings. The Kier molecular flexibility index (Phi) is 4.43. The Morgan fingerprint density at radius 3 is 2.95 bits per heavy atom. The average molecular weight is 263 g/mol. The fourth-order valence-electron chi connectivity index (χ4n) is 2.71. The van der Waals surface area contributed by atoms with Crippen molar-refractivity contribution in [2.45, 2.75) is 44.7 Å². The first-order chi connectivity index (χ1) is 9.10. The molecular formula is C15H21NO3. The lowest BCUT2D eigenvalue weighted by Gasteiger charge is -2.29. The minimum atomic E-state index is -0.749. The zero-order chi connectivity index (χ0) is 13.8. The number of hydrogen-bond donors (Lipinski definition) is 2. The van der Waals surface area contributed by atoms with Crippen LogP contribution in [0.25, 0.3) is 0 Å². The second kappa shape index (κ2) is 6.06. The molecule has 2 unspecified atom stereocenters. The number of nitrogens with one attached hydrogen (secondary N) is 1. The molecule has 0 saturated carbocycles. The van der Waals surface area contributed by atoms with Crippen LogP contribution >= 0.6 is 0 Å². The summed E-state index contributed by atoms with van der Waals surface area (Å²) in [4.78, 5) is 11.0. The summed E-state index contributed by atoms with van der Waals surface area (Å²) in [6, 6.07) is 5.92. The van der Waals surface area contributed by atoms with Crippen molar-refractivity contribution in [2.75, 3.05) is 7.11 Å². The fourth-order valence-corrected chi connectivity index (χ4v) is 2.71. The van der Waals surface area contributed by atoms with Crippen molar-refractivity contribution in [3.8, 4) is 5.75 Å². The number of benzene rings is 1. The number of rotatable bonds is 4. The van der Waals surface area contributed by atoms with E-state index in [9.17, 15) is 4.79 Å². The molecule has 0 aromatic heterocycles. The van der Waals surface area contributed by atoms with E-state index in [0.717, 1.165) is 37.0 Å². The smallest absolute Gasteiger partial charge is 0.320 e. The van der Waals surface area contributed by atoms with E-state index in [2.05, 4.69) is 18.3 Å². The lowest BCUT2D eigenvalue weighted by atomic mass is 9.93. The lowest BCUT2D eigenvalue weighted by molar-refractivity contribution is -0.140. The molecule has 1 aliphatic heterocycles. The molecular weight excluding hydrogens is 242 g/mol. The number of carbonyl (C=O) groups is 1. The maximum Gasteiger partial charge on any atom is 0.320 e. The fraction of sp³-hybridized carbons (Fsp3) is 0.533. The van der Waals surface area contributed by atoms with E-state index in [4.69, 9.17) is 9.84 Å². The topological polar surface area (TPSA) is 58.6 Å². The van der Waals surface area contributed by atoms with E-state index < -0.39 is 12.0 Å². The highest BCUT2D eigenvalue weighted by atomic mass is 16.5. The Morgan fingerprint density at radius 2 is 2.26 bits per heavy atom. The molecule has 0 amide bonds. The van der Waals surface area contributed by atoms with Crippen LogP contribution in [0, 0.1) is 6.92 Å². The first kappa shape index (κ1) is 13.9. The second-order valence-electron chi connectivity index (χ2n) is 5.20. The van der Waals surface area contributed by atoms with E-state index >= 15 is 0 Å². The van der Waals surface area contributed by atoms with Crippen LogP contribution in [-0.2, 0) is 11.2 Å². The molecule has 1 saturated heterocycles. The highest BCUT2D eigenvalue weighted by molar-refractivity contribution is 5.73. The Hall–Kier alpha value is -1.55. The molecule has 1 heterocycles. The summed E-state index contributed by atoms with van der Waals surface area (Å²) in [5, 5.41) is 12.3. The summed E-state index contributed by atoms with van der Waals surface area (Å²) in [7, 11) is 1.67. The molecule has 4 nitrogen and oxygen atoms in total. The summed E-state index contributed by atoms with van der Waals surface area (Å²) >= 11 is 0. The number of methoxy groups -OCH3 is 1. The van der Waals surface area contributed by atoms with Crippen LogP contribution in [0.3, 0.4) is 0 Å². The first-order valence-electron chi connectivity index (χ1n) is 6.72. The molecule has 0 bridgehead atoms. The molecule has 1 aromatic carbocycles. The third kappa shape index (κ3) is 3.47. The molecule has 0 aliphatic carbocycles. The van der Waals surface area contributed by atoms with Crippen LogP contribution in [0.15, 0.2) is 18.2 Å². The van der Waals surface area contributed by atoms with Crippen molar-refractivity contribution in [1.82, 2.24) is 5.32 Å². The molecule has 0 radical (unpaired) electrons. The molecule has 104 valence electrons. The number of aryl methyl sites for hydroxylation is 1. The Bertz CT molecular complexity index is 459. The molecule has 1 aliphatic rings. The van der Waals surface area contributed by atoms with Gasteiger partial charge in [0.15, 0.2) is 0 Å². The van der Waals surface area contributed by atoms with E-state index in [-0.39, 0.29) is 6.04 Å². The van der Waals surface area contributed by atoms with Crippen LogP contribution in [0.4, 0.5) is 0 Å².